The summed E-state index contributed by atoms with van der Waals surface area (Å²) < 4.78 is 0. The molecule has 0 aromatic carbocycles. The smallest absolute Gasteiger partial charge is 0.277 e. The zero-order chi connectivity index (χ0) is 13.1. The van der Waals surface area contributed by atoms with Crippen molar-refractivity contribution in [2.24, 2.45) is 0 Å². The fourth-order valence-corrected chi connectivity index (χ4v) is 1.47. The Hall–Kier alpha value is -1.69. The summed E-state index contributed by atoms with van der Waals surface area (Å²) >= 11 is 0. The van der Waals surface area contributed by atoms with Gasteiger partial charge in [-0.1, -0.05) is 0 Å². The van der Waals surface area contributed by atoms with E-state index in [-0.39, 0.29) is 17.8 Å². The molecule has 0 saturated heterocycles. The SMILES string of the molecule is Cc1cnc(NC(C)(C)CCO)cc1[N+](=O)[O-]. The number of rotatable bonds is 5. The van der Waals surface area contributed by atoms with Gasteiger partial charge in [-0.05, 0) is 27.2 Å². The summed E-state index contributed by atoms with van der Waals surface area (Å²) in [5.41, 5.74) is 0.216. The average Bonchev–Trinajstić information content (AvgIpc) is 2.20. The minimum atomic E-state index is -0.429. The molecule has 1 heterocycles. The van der Waals surface area contributed by atoms with Crippen molar-refractivity contribution in [3.8, 4) is 0 Å². The second-order valence-corrected chi connectivity index (χ2v) is 4.60. The molecule has 0 bridgehead atoms. The number of nitro groups is 1. The van der Waals surface area contributed by atoms with Crippen molar-refractivity contribution in [2.75, 3.05) is 11.9 Å². The lowest BCUT2D eigenvalue weighted by molar-refractivity contribution is -0.385. The molecule has 0 unspecified atom stereocenters. The number of aryl methyl sites for hydroxylation is 1. The predicted octanol–water partition coefficient (Wildman–Crippen LogP) is 1.87. The summed E-state index contributed by atoms with van der Waals surface area (Å²) in [5, 5.41) is 22.7. The number of pyridine rings is 1. The molecule has 0 aliphatic carbocycles. The van der Waals surface area contributed by atoms with Crippen molar-refractivity contribution in [3.63, 3.8) is 0 Å². The first kappa shape index (κ1) is 13.4. The molecule has 0 amide bonds. The Balaban J connectivity index is 2.93. The zero-order valence-corrected chi connectivity index (χ0v) is 10.2. The van der Waals surface area contributed by atoms with Gasteiger partial charge in [-0.3, -0.25) is 10.1 Å². The predicted molar refractivity (Wildman–Crippen MR) is 65.0 cm³/mol. The summed E-state index contributed by atoms with van der Waals surface area (Å²) in [4.78, 5) is 14.4. The maximum Gasteiger partial charge on any atom is 0.277 e. The summed E-state index contributed by atoms with van der Waals surface area (Å²) in [5.74, 6) is 0.445. The first-order valence-corrected chi connectivity index (χ1v) is 5.36. The van der Waals surface area contributed by atoms with Crippen molar-refractivity contribution < 1.29 is 10.0 Å². The van der Waals surface area contributed by atoms with Crippen LogP contribution in [0, 0.1) is 17.0 Å². The van der Waals surface area contributed by atoms with Crippen molar-refractivity contribution in [1.29, 1.82) is 0 Å². The lowest BCUT2D eigenvalue weighted by Crippen LogP contribution is -2.32. The molecule has 1 rings (SSSR count). The van der Waals surface area contributed by atoms with Gasteiger partial charge >= 0.3 is 0 Å². The highest BCUT2D eigenvalue weighted by atomic mass is 16.6. The molecule has 17 heavy (non-hydrogen) atoms. The first-order valence-electron chi connectivity index (χ1n) is 5.36. The van der Waals surface area contributed by atoms with E-state index < -0.39 is 4.92 Å². The molecule has 0 radical (unpaired) electrons. The highest BCUT2D eigenvalue weighted by molar-refractivity contribution is 5.49. The molecular formula is C11H17N3O3. The molecule has 6 heteroatoms. The summed E-state index contributed by atoms with van der Waals surface area (Å²) in [6, 6.07) is 1.41. The molecule has 0 saturated carbocycles. The first-order chi connectivity index (χ1) is 7.85. The molecule has 2 N–H and O–H groups in total. The molecule has 6 nitrogen and oxygen atoms in total. The van der Waals surface area contributed by atoms with Gasteiger partial charge < -0.3 is 10.4 Å². The molecule has 1 aromatic heterocycles. The minimum absolute atomic E-state index is 0.0438. The number of aliphatic hydroxyl groups is 1. The van der Waals surface area contributed by atoms with Gasteiger partial charge in [0.2, 0.25) is 0 Å². The van der Waals surface area contributed by atoms with Gasteiger partial charge in [-0.2, -0.15) is 0 Å². The van der Waals surface area contributed by atoms with Gasteiger partial charge in [0, 0.05) is 23.9 Å². The third-order valence-corrected chi connectivity index (χ3v) is 2.47. The van der Waals surface area contributed by atoms with E-state index >= 15 is 0 Å². The maximum absolute atomic E-state index is 10.8. The number of anilines is 1. The van der Waals surface area contributed by atoms with Crippen molar-refractivity contribution in [2.45, 2.75) is 32.7 Å². The minimum Gasteiger partial charge on any atom is -0.396 e. The van der Waals surface area contributed by atoms with Crippen LogP contribution in [0.2, 0.25) is 0 Å². The topological polar surface area (TPSA) is 88.3 Å². The second kappa shape index (κ2) is 5.09. The van der Waals surface area contributed by atoms with E-state index in [9.17, 15) is 10.1 Å². The highest BCUT2D eigenvalue weighted by Crippen LogP contribution is 2.23. The summed E-state index contributed by atoms with van der Waals surface area (Å²) in [6.07, 6.45) is 2.01. The average molecular weight is 239 g/mol. The van der Waals surface area contributed by atoms with Crippen LogP contribution in [0.1, 0.15) is 25.8 Å². The molecule has 0 aliphatic rings. The molecule has 0 spiro atoms. The van der Waals surface area contributed by atoms with E-state index in [1.54, 1.807) is 6.92 Å². The quantitative estimate of drug-likeness (QED) is 0.605. The fraction of sp³-hybridized carbons (Fsp3) is 0.545. The molecule has 94 valence electrons. The van der Waals surface area contributed by atoms with Gasteiger partial charge in [-0.15, -0.1) is 0 Å². The van der Waals surface area contributed by atoms with E-state index in [0.29, 0.717) is 17.8 Å². The van der Waals surface area contributed by atoms with Gasteiger partial charge in [0.15, 0.2) is 0 Å². The maximum atomic E-state index is 10.8. The number of hydrogen-bond donors (Lipinski definition) is 2. The largest absolute Gasteiger partial charge is 0.396 e. The van der Waals surface area contributed by atoms with Gasteiger partial charge in [0.25, 0.3) is 5.69 Å². The number of nitrogens with zero attached hydrogens (tertiary/aromatic N) is 2. The fourth-order valence-electron chi connectivity index (χ4n) is 1.47. The summed E-state index contributed by atoms with van der Waals surface area (Å²) in [7, 11) is 0. The Morgan fingerprint density at radius 3 is 2.76 bits per heavy atom. The lowest BCUT2D eigenvalue weighted by Gasteiger charge is -2.25. The standard InChI is InChI=1S/C11H17N3O3/c1-8-7-12-10(6-9(8)14(16)17)13-11(2,3)4-5-15/h6-7,15H,4-5H2,1-3H3,(H,12,13). The number of hydrogen-bond acceptors (Lipinski definition) is 5. The van der Waals surface area contributed by atoms with Crippen LogP contribution < -0.4 is 5.32 Å². The normalized spacial score (nSPS) is 11.3. The van der Waals surface area contributed by atoms with Crippen LogP contribution >= 0.6 is 0 Å². The Morgan fingerprint density at radius 1 is 1.59 bits per heavy atom. The van der Waals surface area contributed by atoms with E-state index in [2.05, 4.69) is 10.3 Å². The van der Waals surface area contributed by atoms with Gasteiger partial charge in [0.1, 0.15) is 5.82 Å². The Labute approximate surface area is 99.8 Å². The number of nitrogens with one attached hydrogen (secondary N) is 1. The molecule has 0 aliphatic heterocycles. The Morgan fingerprint density at radius 2 is 2.24 bits per heavy atom. The van der Waals surface area contributed by atoms with E-state index in [1.807, 2.05) is 13.8 Å². The van der Waals surface area contributed by atoms with Crippen molar-refractivity contribution in [1.82, 2.24) is 4.98 Å². The van der Waals surface area contributed by atoms with Crippen LogP contribution in [0.25, 0.3) is 0 Å². The van der Waals surface area contributed by atoms with Crippen LogP contribution in [-0.2, 0) is 0 Å². The van der Waals surface area contributed by atoms with Crippen LogP contribution in [-0.4, -0.2) is 27.2 Å². The van der Waals surface area contributed by atoms with E-state index in [4.69, 9.17) is 5.11 Å². The van der Waals surface area contributed by atoms with Crippen LogP contribution in [0.3, 0.4) is 0 Å². The van der Waals surface area contributed by atoms with E-state index in [0.717, 1.165) is 0 Å². The molecule has 0 fully saturated rings. The van der Waals surface area contributed by atoms with E-state index in [1.165, 1.54) is 12.3 Å². The second-order valence-electron chi connectivity index (χ2n) is 4.60. The highest BCUT2D eigenvalue weighted by Gasteiger charge is 2.19. The van der Waals surface area contributed by atoms with Crippen LogP contribution in [0.5, 0.6) is 0 Å². The van der Waals surface area contributed by atoms with Crippen molar-refractivity contribution >= 4 is 11.5 Å². The lowest BCUT2D eigenvalue weighted by atomic mass is 10.0. The molecular weight excluding hydrogens is 222 g/mol. The third kappa shape index (κ3) is 3.67. The zero-order valence-electron chi connectivity index (χ0n) is 10.2. The Bertz CT molecular complexity index is 418. The number of aromatic nitrogens is 1. The number of aliphatic hydroxyl groups excluding tert-OH is 1. The Kier molecular flexibility index (Phi) is 4.01. The molecule has 0 atom stereocenters. The monoisotopic (exact) mass is 239 g/mol. The van der Waals surface area contributed by atoms with Crippen LogP contribution in [0.4, 0.5) is 11.5 Å². The summed E-state index contributed by atoms with van der Waals surface area (Å²) in [6.45, 7) is 5.49. The van der Waals surface area contributed by atoms with Gasteiger partial charge in [-0.25, -0.2) is 4.98 Å². The van der Waals surface area contributed by atoms with Crippen molar-refractivity contribution in [3.05, 3.63) is 27.9 Å². The third-order valence-electron chi connectivity index (χ3n) is 2.47. The van der Waals surface area contributed by atoms with Gasteiger partial charge in [0.05, 0.1) is 11.0 Å². The molecule has 1 aromatic rings. The van der Waals surface area contributed by atoms with Crippen LogP contribution in [0.15, 0.2) is 12.3 Å².